The smallest absolute Gasteiger partial charge is 0.165 e. The minimum Gasteiger partial charge on any atom is -0.491 e. The molecule has 3 aromatic rings. The standard InChI is InChI=1S/C18H16FNO2/c19-15-8-1-2-9-16(15)21-12-5-13-22-17-10-3-6-14-7-4-11-20-18(14)17/h1-4,6-11H,5,12-13H2. The molecule has 0 radical (unpaired) electrons. The van der Waals surface area contributed by atoms with Crippen molar-refractivity contribution in [1.82, 2.24) is 4.98 Å². The van der Waals surface area contributed by atoms with Crippen LogP contribution in [0, 0.1) is 5.82 Å². The number of halogens is 1. The molecule has 3 rings (SSSR count). The van der Waals surface area contributed by atoms with E-state index in [-0.39, 0.29) is 11.6 Å². The van der Waals surface area contributed by atoms with Gasteiger partial charge in [-0.3, -0.25) is 4.98 Å². The first kappa shape index (κ1) is 14.3. The van der Waals surface area contributed by atoms with Gasteiger partial charge in [0.05, 0.1) is 13.2 Å². The lowest BCUT2D eigenvalue weighted by molar-refractivity contribution is 0.242. The number of hydrogen-bond acceptors (Lipinski definition) is 3. The molecule has 0 aliphatic rings. The molecule has 0 fully saturated rings. The van der Waals surface area contributed by atoms with Gasteiger partial charge in [0.2, 0.25) is 0 Å². The quantitative estimate of drug-likeness (QED) is 0.638. The zero-order valence-corrected chi connectivity index (χ0v) is 12.0. The van der Waals surface area contributed by atoms with Gasteiger partial charge in [-0.2, -0.15) is 0 Å². The number of aromatic nitrogens is 1. The second-order valence-electron chi connectivity index (χ2n) is 4.81. The van der Waals surface area contributed by atoms with E-state index in [9.17, 15) is 4.39 Å². The molecule has 4 heteroatoms. The highest BCUT2D eigenvalue weighted by Crippen LogP contribution is 2.23. The molecule has 0 N–H and O–H groups in total. The Morgan fingerprint density at radius 1 is 0.818 bits per heavy atom. The molecular formula is C18H16FNO2. The average Bonchev–Trinajstić information content (AvgIpc) is 2.56. The fourth-order valence-electron chi connectivity index (χ4n) is 2.18. The van der Waals surface area contributed by atoms with Crippen molar-refractivity contribution in [3.8, 4) is 11.5 Å². The van der Waals surface area contributed by atoms with Crippen LogP contribution in [-0.2, 0) is 0 Å². The van der Waals surface area contributed by atoms with Gasteiger partial charge < -0.3 is 9.47 Å². The van der Waals surface area contributed by atoms with Crippen LogP contribution in [0.4, 0.5) is 4.39 Å². The topological polar surface area (TPSA) is 31.4 Å². The van der Waals surface area contributed by atoms with Gasteiger partial charge in [0.15, 0.2) is 11.6 Å². The number of nitrogens with zero attached hydrogens (tertiary/aromatic N) is 1. The van der Waals surface area contributed by atoms with Crippen LogP contribution in [0.1, 0.15) is 6.42 Å². The maximum atomic E-state index is 13.4. The summed E-state index contributed by atoms with van der Waals surface area (Å²) in [5, 5.41) is 1.04. The van der Waals surface area contributed by atoms with Crippen LogP contribution < -0.4 is 9.47 Å². The first-order chi connectivity index (χ1) is 10.8. The number of ether oxygens (including phenoxy) is 2. The molecule has 0 amide bonds. The number of para-hydroxylation sites is 2. The summed E-state index contributed by atoms with van der Waals surface area (Å²) < 4.78 is 24.5. The van der Waals surface area contributed by atoms with Crippen molar-refractivity contribution >= 4 is 10.9 Å². The van der Waals surface area contributed by atoms with Crippen molar-refractivity contribution in [3.05, 3.63) is 66.6 Å². The third-order valence-corrected chi connectivity index (χ3v) is 3.24. The highest BCUT2D eigenvalue weighted by atomic mass is 19.1. The van der Waals surface area contributed by atoms with Crippen molar-refractivity contribution in [3.63, 3.8) is 0 Å². The lowest BCUT2D eigenvalue weighted by Gasteiger charge is -2.10. The molecule has 0 spiro atoms. The molecular weight excluding hydrogens is 281 g/mol. The Balaban J connectivity index is 1.52. The molecule has 0 unspecified atom stereocenters. The van der Waals surface area contributed by atoms with Gasteiger partial charge in [-0.25, -0.2) is 4.39 Å². The van der Waals surface area contributed by atoms with E-state index in [1.807, 2.05) is 30.3 Å². The van der Waals surface area contributed by atoms with Crippen molar-refractivity contribution in [2.45, 2.75) is 6.42 Å². The van der Waals surface area contributed by atoms with Crippen LogP contribution in [0.15, 0.2) is 60.8 Å². The van der Waals surface area contributed by atoms with Crippen LogP contribution in [0.3, 0.4) is 0 Å². The summed E-state index contributed by atoms with van der Waals surface area (Å²) in [6, 6.07) is 16.1. The minimum absolute atomic E-state index is 0.273. The summed E-state index contributed by atoms with van der Waals surface area (Å²) in [6.45, 7) is 0.892. The Labute approximate surface area is 128 Å². The third-order valence-electron chi connectivity index (χ3n) is 3.24. The molecule has 0 aliphatic carbocycles. The Morgan fingerprint density at radius 2 is 1.55 bits per heavy atom. The third kappa shape index (κ3) is 3.34. The number of pyridine rings is 1. The predicted molar refractivity (Wildman–Crippen MR) is 83.8 cm³/mol. The molecule has 0 aliphatic heterocycles. The monoisotopic (exact) mass is 297 g/mol. The van der Waals surface area contributed by atoms with Crippen LogP contribution in [0.25, 0.3) is 10.9 Å². The van der Waals surface area contributed by atoms with Crippen molar-refractivity contribution in [1.29, 1.82) is 0 Å². The second-order valence-corrected chi connectivity index (χ2v) is 4.81. The van der Waals surface area contributed by atoms with E-state index in [4.69, 9.17) is 9.47 Å². The molecule has 3 nitrogen and oxygen atoms in total. The summed E-state index contributed by atoms with van der Waals surface area (Å²) in [4.78, 5) is 4.33. The van der Waals surface area contributed by atoms with E-state index in [2.05, 4.69) is 4.98 Å². The summed E-state index contributed by atoms with van der Waals surface area (Å²) in [5.41, 5.74) is 0.847. The Hall–Kier alpha value is -2.62. The van der Waals surface area contributed by atoms with Crippen LogP contribution in [0.5, 0.6) is 11.5 Å². The highest BCUT2D eigenvalue weighted by Gasteiger charge is 2.03. The molecule has 2 aromatic carbocycles. The van der Waals surface area contributed by atoms with E-state index in [0.717, 1.165) is 16.7 Å². The molecule has 0 saturated heterocycles. The van der Waals surface area contributed by atoms with E-state index < -0.39 is 0 Å². The van der Waals surface area contributed by atoms with E-state index in [1.54, 1.807) is 24.4 Å². The largest absolute Gasteiger partial charge is 0.491 e. The lowest BCUT2D eigenvalue weighted by Crippen LogP contribution is -2.06. The fraction of sp³-hybridized carbons (Fsp3) is 0.167. The Kier molecular flexibility index (Phi) is 4.49. The van der Waals surface area contributed by atoms with Gasteiger partial charge in [-0.15, -0.1) is 0 Å². The molecule has 0 atom stereocenters. The summed E-state index contributed by atoms with van der Waals surface area (Å²) in [6.07, 6.45) is 2.41. The SMILES string of the molecule is Fc1ccccc1OCCCOc1cccc2cccnc12. The Morgan fingerprint density at radius 3 is 2.41 bits per heavy atom. The van der Waals surface area contributed by atoms with Gasteiger partial charge in [0.1, 0.15) is 11.3 Å². The van der Waals surface area contributed by atoms with E-state index in [0.29, 0.717) is 19.6 Å². The number of hydrogen-bond donors (Lipinski definition) is 0. The predicted octanol–water partition coefficient (Wildman–Crippen LogP) is 4.22. The number of benzene rings is 2. The molecule has 22 heavy (non-hydrogen) atoms. The number of fused-ring (bicyclic) bond motifs is 1. The zero-order chi connectivity index (χ0) is 15.2. The van der Waals surface area contributed by atoms with Gasteiger partial charge in [-0.1, -0.05) is 30.3 Å². The van der Waals surface area contributed by atoms with E-state index in [1.165, 1.54) is 6.07 Å². The van der Waals surface area contributed by atoms with Crippen LogP contribution in [0.2, 0.25) is 0 Å². The Bertz CT molecular complexity index is 755. The van der Waals surface area contributed by atoms with Gasteiger partial charge >= 0.3 is 0 Å². The van der Waals surface area contributed by atoms with E-state index >= 15 is 0 Å². The lowest BCUT2D eigenvalue weighted by atomic mass is 10.2. The van der Waals surface area contributed by atoms with Crippen molar-refractivity contribution in [2.24, 2.45) is 0 Å². The maximum absolute atomic E-state index is 13.4. The summed E-state index contributed by atoms with van der Waals surface area (Å²) in [5.74, 6) is 0.681. The summed E-state index contributed by atoms with van der Waals surface area (Å²) >= 11 is 0. The van der Waals surface area contributed by atoms with Gasteiger partial charge in [0.25, 0.3) is 0 Å². The number of rotatable bonds is 6. The second kappa shape index (κ2) is 6.89. The average molecular weight is 297 g/mol. The fourth-order valence-corrected chi connectivity index (χ4v) is 2.18. The van der Waals surface area contributed by atoms with Crippen molar-refractivity contribution < 1.29 is 13.9 Å². The summed E-state index contributed by atoms with van der Waals surface area (Å²) in [7, 11) is 0. The zero-order valence-electron chi connectivity index (χ0n) is 12.0. The maximum Gasteiger partial charge on any atom is 0.165 e. The van der Waals surface area contributed by atoms with Crippen LogP contribution in [-0.4, -0.2) is 18.2 Å². The van der Waals surface area contributed by atoms with Gasteiger partial charge in [0, 0.05) is 18.0 Å². The molecule has 0 saturated carbocycles. The minimum atomic E-state index is -0.346. The van der Waals surface area contributed by atoms with Crippen LogP contribution >= 0.6 is 0 Å². The first-order valence-corrected chi connectivity index (χ1v) is 7.18. The first-order valence-electron chi connectivity index (χ1n) is 7.18. The van der Waals surface area contributed by atoms with Gasteiger partial charge in [-0.05, 0) is 24.3 Å². The van der Waals surface area contributed by atoms with Crippen molar-refractivity contribution in [2.75, 3.05) is 13.2 Å². The molecule has 112 valence electrons. The normalized spacial score (nSPS) is 10.6. The molecule has 0 bridgehead atoms. The molecule has 1 aromatic heterocycles. The molecule has 1 heterocycles. The highest BCUT2D eigenvalue weighted by molar-refractivity contribution is 5.84.